The number of pyridine rings is 1. The molecular weight excluding hydrogens is 268 g/mol. The van der Waals surface area contributed by atoms with Gasteiger partial charge in [0.1, 0.15) is 11.8 Å². The van der Waals surface area contributed by atoms with E-state index in [1.165, 1.54) is 35.1 Å². The first-order chi connectivity index (χ1) is 9.04. The van der Waals surface area contributed by atoms with Crippen LogP contribution in [0.15, 0.2) is 18.5 Å². The van der Waals surface area contributed by atoms with Crippen molar-refractivity contribution in [1.29, 1.82) is 0 Å². The zero-order chi connectivity index (χ0) is 14.0. The Morgan fingerprint density at radius 3 is 2.84 bits per heavy atom. The van der Waals surface area contributed by atoms with Crippen LogP contribution in [0.1, 0.15) is 23.7 Å². The molecule has 0 aromatic carbocycles. The van der Waals surface area contributed by atoms with Gasteiger partial charge in [0.2, 0.25) is 0 Å². The van der Waals surface area contributed by atoms with Gasteiger partial charge in [0.25, 0.3) is 5.91 Å². The first-order valence-corrected chi connectivity index (χ1v) is 6.90. The molecule has 102 valence electrons. The second-order valence-electron chi connectivity index (χ2n) is 4.19. The minimum atomic E-state index is -1.01. The molecule has 2 N–H and O–H groups in total. The first-order valence-electron chi connectivity index (χ1n) is 5.85. The Bertz CT molecular complexity index is 508. The molecule has 19 heavy (non-hydrogen) atoms. The van der Waals surface area contributed by atoms with Crippen LogP contribution < -0.4 is 0 Å². The maximum atomic E-state index is 12.4. The number of rotatable bonds is 3. The van der Waals surface area contributed by atoms with Crippen molar-refractivity contribution < 1.29 is 19.8 Å². The van der Waals surface area contributed by atoms with Crippen LogP contribution in [0.2, 0.25) is 0 Å². The summed E-state index contributed by atoms with van der Waals surface area (Å²) in [7, 11) is 0. The Kier molecular flexibility index (Phi) is 3.94. The van der Waals surface area contributed by atoms with Gasteiger partial charge in [-0.3, -0.25) is 9.78 Å². The van der Waals surface area contributed by atoms with Gasteiger partial charge in [-0.05, 0) is 12.5 Å². The van der Waals surface area contributed by atoms with E-state index in [2.05, 4.69) is 4.98 Å². The number of carboxylic acid groups (broad SMARTS) is 1. The number of aromatic hydroxyl groups is 1. The summed E-state index contributed by atoms with van der Waals surface area (Å²) >= 11 is 1.46. The molecule has 6 nitrogen and oxygen atoms in total. The van der Waals surface area contributed by atoms with Gasteiger partial charge in [-0.2, -0.15) is 0 Å². The molecule has 0 bridgehead atoms. The lowest BCUT2D eigenvalue weighted by atomic mass is 10.2. The molecule has 2 unspecified atom stereocenters. The lowest BCUT2D eigenvalue weighted by Crippen LogP contribution is -2.45. The molecule has 1 amide bonds. The number of nitrogens with zero attached hydrogens (tertiary/aromatic N) is 2. The Morgan fingerprint density at radius 2 is 2.26 bits per heavy atom. The number of hydrogen-bond donors (Lipinski definition) is 2. The van der Waals surface area contributed by atoms with Gasteiger partial charge in [0.05, 0.1) is 17.1 Å². The summed E-state index contributed by atoms with van der Waals surface area (Å²) in [6.07, 6.45) is 3.23. The van der Waals surface area contributed by atoms with E-state index in [1.807, 2.05) is 6.92 Å². The molecular formula is C12H14N2O4S. The van der Waals surface area contributed by atoms with E-state index in [0.717, 1.165) is 0 Å². The van der Waals surface area contributed by atoms with Gasteiger partial charge in [0.15, 0.2) is 0 Å². The normalized spacial score (nSPS) is 22.5. The molecule has 1 aliphatic rings. The summed E-state index contributed by atoms with van der Waals surface area (Å²) in [5.74, 6) is -1.15. The average Bonchev–Trinajstić information content (AvgIpc) is 2.81. The third-order valence-electron chi connectivity index (χ3n) is 2.93. The van der Waals surface area contributed by atoms with Gasteiger partial charge in [-0.15, -0.1) is 11.8 Å². The van der Waals surface area contributed by atoms with E-state index in [0.29, 0.717) is 12.2 Å². The number of carbonyl (C=O) groups excluding carboxylic acids is 1. The van der Waals surface area contributed by atoms with Crippen molar-refractivity contribution in [2.45, 2.75) is 24.8 Å². The predicted molar refractivity (Wildman–Crippen MR) is 70.0 cm³/mol. The van der Waals surface area contributed by atoms with Crippen LogP contribution in [0.3, 0.4) is 0 Å². The highest BCUT2D eigenvalue weighted by Gasteiger charge is 2.41. The summed E-state index contributed by atoms with van der Waals surface area (Å²) in [4.78, 5) is 28.7. The molecule has 1 aromatic rings. The van der Waals surface area contributed by atoms with Gasteiger partial charge < -0.3 is 15.1 Å². The van der Waals surface area contributed by atoms with Crippen LogP contribution in [0.25, 0.3) is 0 Å². The fourth-order valence-electron chi connectivity index (χ4n) is 2.03. The summed E-state index contributed by atoms with van der Waals surface area (Å²) in [5, 5.41) is 18.4. The SMILES string of the molecule is CCC1SCC(C(=O)O)N1C(=O)c1cncc(O)c1. The number of hydrogen-bond acceptors (Lipinski definition) is 5. The Morgan fingerprint density at radius 1 is 1.53 bits per heavy atom. The van der Waals surface area contributed by atoms with Crippen LogP contribution in [0, 0.1) is 0 Å². The maximum absolute atomic E-state index is 12.4. The van der Waals surface area contributed by atoms with E-state index < -0.39 is 17.9 Å². The van der Waals surface area contributed by atoms with Crippen molar-refractivity contribution in [2.24, 2.45) is 0 Å². The molecule has 1 saturated heterocycles. The molecule has 2 rings (SSSR count). The van der Waals surface area contributed by atoms with Gasteiger partial charge in [-0.1, -0.05) is 6.92 Å². The van der Waals surface area contributed by atoms with Crippen LogP contribution in [-0.4, -0.2) is 49.1 Å². The number of aliphatic carboxylic acids is 1. The lowest BCUT2D eigenvalue weighted by molar-refractivity contribution is -0.141. The van der Waals surface area contributed by atoms with Gasteiger partial charge >= 0.3 is 5.97 Å². The summed E-state index contributed by atoms with van der Waals surface area (Å²) in [6.45, 7) is 1.91. The largest absolute Gasteiger partial charge is 0.506 e. The zero-order valence-corrected chi connectivity index (χ0v) is 11.1. The lowest BCUT2D eigenvalue weighted by Gasteiger charge is -2.26. The highest BCUT2D eigenvalue weighted by molar-refractivity contribution is 8.00. The van der Waals surface area contributed by atoms with Crippen molar-refractivity contribution in [3.8, 4) is 5.75 Å². The monoisotopic (exact) mass is 282 g/mol. The Labute approximate surface area is 114 Å². The first kappa shape index (κ1) is 13.7. The third-order valence-corrected chi connectivity index (χ3v) is 4.39. The van der Waals surface area contributed by atoms with Crippen LogP contribution in [0.4, 0.5) is 0 Å². The third kappa shape index (κ3) is 2.65. The van der Waals surface area contributed by atoms with Crippen molar-refractivity contribution in [3.05, 3.63) is 24.0 Å². The minimum Gasteiger partial charge on any atom is -0.506 e. The van der Waals surface area contributed by atoms with Crippen molar-refractivity contribution >= 4 is 23.6 Å². The Hall–Kier alpha value is -1.76. The van der Waals surface area contributed by atoms with E-state index in [-0.39, 0.29) is 16.7 Å². The van der Waals surface area contributed by atoms with E-state index in [9.17, 15) is 19.8 Å². The number of carboxylic acids is 1. The molecule has 7 heteroatoms. The standard InChI is InChI=1S/C12H14N2O4S/c1-2-10-14(9(6-19-10)12(17)18)11(16)7-3-8(15)5-13-4-7/h3-5,9-10,15H,2,6H2,1H3,(H,17,18). The van der Waals surface area contributed by atoms with Crippen LogP contribution in [0.5, 0.6) is 5.75 Å². The number of carbonyl (C=O) groups is 2. The van der Waals surface area contributed by atoms with Gasteiger partial charge in [0, 0.05) is 11.9 Å². The van der Waals surface area contributed by atoms with Crippen molar-refractivity contribution in [1.82, 2.24) is 9.88 Å². The fourth-order valence-corrected chi connectivity index (χ4v) is 3.38. The summed E-state index contributed by atoms with van der Waals surface area (Å²) in [5.41, 5.74) is 0.201. The molecule has 1 aliphatic heterocycles. The van der Waals surface area contributed by atoms with E-state index >= 15 is 0 Å². The molecule has 0 spiro atoms. The molecule has 0 aliphatic carbocycles. The molecule has 2 heterocycles. The topological polar surface area (TPSA) is 90.7 Å². The second-order valence-corrected chi connectivity index (χ2v) is 5.41. The molecule has 0 radical (unpaired) electrons. The van der Waals surface area contributed by atoms with E-state index in [1.54, 1.807) is 0 Å². The fraction of sp³-hybridized carbons (Fsp3) is 0.417. The minimum absolute atomic E-state index is 0.113. The summed E-state index contributed by atoms with van der Waals surface area (Å²) < 4.78 is 0. The van der Waals surface area contributed by atoms with Crippen molar-refractivity contribution in [3.63, 3.8) is 0 Å². The number of aromatic nitrogens is 1. The average molecular weight is 282 g/mol. The smallest absolute Gasteiger partial charge is 0.327 e. The predicted octanol–water partition coefficient (Wildman–Crippen LogP) is 1.17. The quantitative estimate of drug-likeness (QED) is 0.864. The maximum Gasteiger partial charge on any atom is 0.327 e. The molecule has 1 aromatic heterocycles. The molecule has 1 fully saturated rings. The van der Waals surface area contributed by atoms with Gasteiger partial charge in [-0.25, -0.2) is 4.79 Å². The van der Waals surface area contributed by atoms with Crippen molar-refractivity contribution in [2.75, 3.05) is 5.75 Å². The number of amides is 1. The zero-order valence-electron chi connectivity index (χ0n) is 10.3. The highest BCUT2D eigenvalue weighted by Crippen LogP contribution is 2.32. The number of thioether (sulfide) groups is 1. The van der Waals surface area contributed by atoms with Crippen LogP contribution >= 0.6 is 11.8 Å². The second kappa shape index (κ2) is 5.48. The summed E-state index contributed by atoms with van der Waals surface area (Å²) in [6, 6.07) is 0.467. The molecule has 2 atom stereocenters. The van der Waals surface area contributed by atoms with E-state index in [4.69, 9.17) is 0 Å². The van der Waals surface area contributed by atoms with Crippen LogP contribution in [-0.2, 0) is 4.79 Å². The Balaban J connectivity index is 2.31. The highest BCUT2D eigenvalue weighted by atomic mass is 32.2. The molecule has 0 saturated carbocycles.